The molecule has 1 saturated heterocycles. The standard InChI is InChI=1S/C24H30O10/c1-13-7-9-23(20(27)30-3)17(5-6-18(33-14(2)25)24(23,29)21(28)31-4)22(13)11-16(34-19(22)26)15-8-10-32-12-15/h8,10,12-13,16-18,29H,5-7,9,11H2,1-4H3/t13-,16?,17-,18?,22-,23-,24?/m1/s1. The van der Waals surface area contributed by atoms with Crippen LogP contribution < -0.4 is 0 Å². The zero-order valence-corrected chi connectivity index (χ0v) is 19.7. The zero-order valence-electron chi connectivity index (χ0n) is 19.7. The molecule has 1 aromatic heterocycles. The van der Waals surface area contributed by atoms with E-state index in [0.717, 1.165) is 21.1 Å². The number of hydrogen-bond donors (Lipinski definition) is 1. The van der Waals surface area contributed by atoms with E-state index in [0.29, 0.717) is 12.0 Å². The number of fused-ring (bicyclic) bond motifs is 2. The normalized spacial score (nSPS) is 39.1. The number of carbonyl (C=O) groups excluding carboxylic acids is 4. The first-order valence-corrected chi connectivity index (χ1v) is 11.4. The molecule has 10 heteroatoms. The molecule has 1 N–H and O–H groups in total. The van der Waals surface area contributed by atoms with Crippen molar-refractivity contribution in [2.75, 3.05) is 14.2 Å². The van der Waals surface area contributed by atoms with E-state index in [-0.39, 0.29) is 31.6 Å². The van der Waals surface area contributed by atoms with Crippen LogP contribution in [0.2, 0.25) is 0 Å². The lowest BCUT2D eigenvalue weighted by Gasteiger charge is -2.61. The lowest BCUT2D eigenvalue weighted by atomic mass is 9.42. The van der Waals surface area contributed by atoms with Gasteiger partial charge in [-0.2, -0.15) is 0 Å². The molecule has 3 unspecified atom stereocenters. The monoisotopic (exact) mass is 478 g/mol. The Hall–Kier alpha value is -2.88. The number of aliphatic hydroxyl groups is 1. The molecule has 1 aliphatic heterocycles. The molecule has 2 aliphatic carbocycles. The van der Waals surface area contributed by atoms with Crippen LogP contribution in [0.4, 0.5) is 0 Å². The van der Waals surface area contributed by atoms with E-state index in [4.69, 9.17) is 23.4 Å². The molecule has 1 aromatic rings. The van der Waals surface area contributed by atoms with Gasteiger partial charge in [-0.15, -0.1) is 0 Å². The van der Waals surface area contributed by atoms with Gasteiger partial charge in [-0.05, 0) is 43.6 Å². The Morgan fingerprint density at radius 3 is 2.41 bits per heavy atom. The van der Waals surface area contributed by atoms with Crippen LogP contribution in [0.3, 0.4) is 0 Å². The number of rotatable bonds is 4. The van der Waals surface area contributed by atoms with Gasteiger partial charge in [0.05, 0.1) is 32.2 Å². The highest BCUT2D eigenvalue weighted by atomic mass is 16.6. The van der Waals surface area contributed by atoms with Gasteiger partial charge in [-0.1, -0.05) is 6.92 Å². The average Bonchev–Trinajstić information content (AvgIpc) is 3.46. The van der Waals surface area contributed by atoms with E-state index in [2.05, 4.69) is 0 Å². The minimum absolute atomic E-state index is 0.0419. The Balaban J connectivity index is 1.90. The summed E-state index contributed by atoms with van der Waals surface area (Å²) in [6, 6.07) is 1.71. The third kappa shape index (κ3) is 3.03. The van der Waals surface area contributed by atoms with E-state index in [1.807, 2.05) is 6.92 Å². The molecule has 1 spiro atoms. The maximum atomic E-state index is 13.6. The highest BCUT2D eigenvalue weighted by Gasteiger charge is 2.79. The van der Waals surface area contributed by atoms with Crippen molar-refractivity contribution < 1.29 is 47.6 Å². The van der Waals surface area contributed by atoms with Crippen LogP contribution >= 0.6 is 0 Å². The first-order chi connectivity index (χ1) is 16.1. The molecule has 0 amide bonds. The van der Waals surface area contributed by atoms with Crippen molar-refractivity contribution in [3.63, 3.8) is 0 Å². The molecule has 2 heterocycles. The van der Waals surface area contributed by atoms with Gasteiger partial charge < -0.3 is 28.5 Å². The summed E-state index contributed by atoms with van der Waals surface area (Å²) in [5, 5.41) is 12.0. The first-order valence-electron chi connectivity index (χ1n) is 11.4. The highest BCUT2D eigenvalue weighted by Crippen LogP contribution is 2.68. The Labute approximate surface area is 196 Å². The fraction of sp³-hybridized carbons (Fsp3) is 0.667. The van der Waals surface area contributed by atoms with Crippen molar-refractivity contribution in [2.24, 2.45) is 22.7 Å². The Bertz CT molecular complexity index is 986. The number of hydrogen-bond acceptors (Lipinski definition) is 10. The Morgan fingerprint density at radius 1 is 1.12 bits per heavy atom. The summed E-state index contributed by atoms with van der Waals surface area (Å²) >= 11 is 0. The van der Waals surface area contributed by atoms with Gasteiger partial charge in [-0.3, -0.25) is 14.4 Å². The smallest absolute Gasteiger partial charge is 0.343 e. The van der Waals surface area contributed by atoms with Crippen LogP contribution in [-0.4, -0.2) is 54.9 Å². The Kier molecular flexibility index (Phi) is 6.00. The summed E-state index contributed by atoms with van der Waals surface area (Å²) in [6.07, 6.45) is 1.92. The van der Waals surface area contributed by atoms with Crippen LogP contribution in [0, 0.1) is 22.7 Å². The van der Waals surface area contributed by atoms with Crippen LogP contribution in [0.5, 0.6) is 0 Å². The third-order valence-electron chi connectivity index (χ3n) is 8.35. The second-order valence-electron chi connectivity index (χ2n) is 9.58. The van der Waals surface area contributed by atoms with Gasteiger partial charge in [0.25, 0.3) is 0 Å². The minimum Gasteiger partial charge on any atom is -0.472 e. The van der Waals surface area contributed by atoms with Crippen molar-refractivity contribution in [1.82, 2.24) is 0 Å². The zero-order chi connectivity index (χ0) is 24.9. The Morgan fingerprint density at radius 2 is 1.82 bits per heavy atom. The molecule has 0 aromatic carbocycles. The number of ether oxygens (including phenoxy) is 4. The molecular weight excluding hydrogens is 448 g/mol. The summed E-state index contributed by atoms with van der Waals surface area (Å²) in [4.78, 5) is 52.2. The summed E-state index contributed by atoms with van der Waals surface area (Å²) in [5.74, 6) is -4.22. The quantitative estimate of drug-likeness (QED) is 0.505. The summed E-state index contributed by atoms with van der Waals surface area (Å²) in [7, 11) is 2.24. The SMILES string of the molecule is COC(=O)C1(O)C(OC(C)=O)CC[C@@H]2[C@@]3(CC(c4ccoc4)OC3=O)[C@H](C)CC[C@]21C(=O)OC. The van der Waals surface area contributed by atoms with Crippen LogP contribution in [0.1, 0.15) is 57.6 Å². The van der Waals surface area contributed by atoms with Crippen LogP contribution in [0.25, 0.3) is 0 Å². The topological polar surface area (TPSA) is 139 Å². The number of furan rings is 1. The van der Waals surface area contributed by atoms with Crippen LogP contribution in [-0.2, 0) is 38.1 Å². The van der Waals surface area contributed by atoms with Gasteiger partial charge in [0.15, 0.2) is 0 Å². The minimum atomic E-state index is -2.55. The third-order valence-corrected chi connectivity index (χ3v) is 8.35. The largest absolute Gasteiger partial charge is 0.472 e. The molecular formula is C24H30O10. The molecule has 10 nitrogen and oxygen atoms in total. The van der Waals surface area contributed by atoms with Crippen molar-refractivity contribution in [2.45, 2.75) is 63.8 Å². The summed E-state index contributed by atoms with van der Waals surface area (Å²) < 4.78 is 26.4. The fourth-order valence-corrected chi connectivity index (χ4v) is 6.83. The predicted octanol–water partition coefficient (Wildman–Crippen LogP) is 2.09. The van der Waals surface area contributed by atoms with E-state index < -0.39 is 58.4 Å². The van der Waals surface area contributed by atoms with Gasteiger partial charge in [-0.25, -0.2) is 4.79 Å². The van der Waals surface area contributed by atoms with E-state index >= 15 is 0 Å². The highest BCUT2D eigenvalue weighted by molar-refractivity contribution is 5.94. The van der Waals surface area contributed by atoms with Gasteiger partial charge in [0.1, 0.15) is 17.6 Å². The molecule has 0 bridgehead atoms. The molecule has 4 rings (SSSR count). The number of cyclic esters (lactones) is 1. The van der Waals surface area contributed by atoms with E-state index in [9.17, 15) is 24.3 Å². The van der Waals surface area contributed by atoms with Crippen molar-refractivity contribution in [3.8, 4) is 0 Å². The molecule has 2 saturated carbocycles. The maximum Gasteiger partial charge on any atom is 0.343 e. The lowest BCUT2D eigenvalue weighted by Crippen LogP contribution is -2.75. The van der Waals surface area contributed by atoms with Gasteiger partial charge >= 0.3 is 23.9 Å². The molecule has 34 heavy (non-hydrogen) atoms. The summed E-state index contributed by atoms with van der Waals surface area (Å²) in [6.45, 7) is 3.07. The lowest BCUT2D eigenvalue weighted by molar-refractivity contribution is -0.260. The maximum absolute atomic E-state index is 13.6. The molecule has 3 fully saturated rings. The van der Waals surface area contributed by atoms with E-state index in [1.165, 1.54) is 12.5 Å². The predicted molar refractivity (Wildman–Crippen MR) is 113 cm³/mol. The first kappa shape index (κ1) is 24.3. The van der Waals surface area contributed by atoms with Gasteiger partial charge in [0.2, 0.25) is 5.60 Å². The molecule has 7 atom stereocenters. The number of esters is 4. The molecule has 3 aliphatic rings. The molecule has 0 radical (unpaired) electrons. The second kappa shape index (κ2) is 8.41. The van der Waals surface area contributed by atoms with Crippen LogP contribution in [0.15, 0.2) is 23.0 Å². The van der Waals surface area contributed by atoms with Crippen molar-refractivity contribution in [3.05, 3.63) is 24.2 Å². The fourth-order valence-electron chi connectivity index (χ4n) is 6.83. The average molecular weight is 478 g/mol. The van der Waals surface area contributed by atoms with Crippen molar-refractivity contribution in [1.29, 1.82) is 0 Å². The second-order valence-corrected chi connectivity index (χ2v) is 9.58. The number of carbonyl (C=O) groups is 4. The molecule has 186 valence electrons. The van der Waals surface area contributed by atoms with Gasteiger partial charge in [0, 0.05) is 18.9 Å². The summed E-state index contributed by atoms with van der Waals surface area (Å²) in [5.41, 5.74) is -4.94. The number of methoxy groups -OCH3 is 2. The van der Waals surface area contributed by atoms with E-state index in [1.54, 1.807) is 6.07 Å². The van der Waals surface area contributed by atoms with Crippen molar-refractivity contribution >= 4 is 23.9 Å².